The number of hydrazone groups is 1. The number of hydrogen-bond acceptors (Lipinski definition) is 5. The van der Waals surface area contributed by atoms with E-state index in [1.807, 2.05) is 50.2 Å². The van der Waals surface area contributed by atoms with Crippen LogP contribution in [0.25, 0.3) is 0 Å². The molecule has 26 heavy (non-hydrogen) atoms. The molecule has 0 saturated carbocycles. The van der Waals surface area contributed by atoms with Gasteiger partial charge in [-0.3, -0.25) is 9.59 Å². The van der Waals surface area contributed by atoms with Crippen molar-refractivity contribution in [1.82, 2.24) is 5.43 Å². The van der Waals surface area contributed by atoms with Gasteiger partial charge in [0.05, 0.1) is 18.5 Å². The highest BCUT2D eigenvalue weighted by Gasteiger charge is 2.15. The van der Waals surface area contributed by atoms with E-state index in [9.17, 15) is 9.59 Å². The molecule has 0 aromatic heterocycles. The van der Waals surface area contributed by atoms with Gasteiger partial charge in [0.1, 0.15) is 5.75 Å². The summed E-state index contributed by atoms with van der Waals surface area (Å²) >= 11 is 0. The fourth-order valence-corrected chi connectivity index (χ4v) is 2.11. The topological polar surface area (TPSA) is 83.0 Å². The average molecular weight is 354 g/mol. The molecule has 0 fully saturated rings. The van der Waals surface area contributed by atoms with Crippen LogP contribution in [0.1, 0.15) is 12.5 Å². The zero-order valence-electron chi connectivity index (χ0n) is 15.0. The molecule has 0 spiro atoms. The summed E-state index contributed by atoms with van der Waals surface area (Å²) < 4.78 is 5.40. The predicted molar refractivity (Wildman–Crippen MR) is 103 cm³/mol. The molecule has 0 saturated heterocycles. The summed E-state index contributed by atoms with van der Waals surface area (Å²) in [5.41, 5.74) is 4.49. The molecule has 136 valence electrons. The minimum atomic E-state index is -0.863. The third-order valence-corrected chi connectivity index (χ3v) is 3.43. The number of para-hydroxylation sites is 2. The normalized spacial score (nSPS) is 10.4. The quantitative estimate of drug-likeness (QED) is 0.473. The second-order valence-electron chi connectivity index (χ2n) is 5.57. The van der Waals surface area contributed by atoms with Crippen LogP contribution in [0, 0.1) is 0 Å². The highest BCUT2D eigenvalue weighted by atomic mass is 16.5. The Morgan fingerprint density at radius 3 is 2.42 bits per heavy atom. The number of nitrogens with one attached hydrogen (secondary N) is 2. The molecule has 0 aliphatic carbocycles. The molecule has 0 heterocycles. The fourth-order valence-electron chi connectivity index (χ4n) is 2.11. The first-order chi connectivity index (χ1) is 12.5. The van der Waals surface area contributed by atoms with Crippen LogP contribution >= 0.6 is 0 Å². The number of carbonyl (C=O) groups excluding carboxylic acids is 2. The first-order valence-electron chi connectivity index (χ1n) is 8.15. The van der Waals surface area contributed by atoms with Crippen molar-refractivity contribution in [2.24, 2.45) is 5.10 Å². The number of hydrogen-bond donors (Lipinski definition) is 2. The molecule has 2 rings (SSSR count). The molecular weight excluding hydrogens is 332 g/mol. The number of benzene rings is 2. The summed E-state index contributed by atoms with van der Waals surface area (Å²) in [6.45, 7) is 2.29. The van der Waals surface area contributed by atoms with Crippen LogP contribution in [0.15, 0.2) is 53.6 Å². The first-order valence-corrected chi connectivity index (χ1v) is 8.15. The van der Waals surface area contributed by atoms with E-state index in [1.165, 1.54) is 6.21 Å². The Morgan fingerprint density at radius 1 is 1.08 bits per heavy atom. The van der Waals surface area contributed by atoms with E-state index >= 15 is 0 Å². The number of ether oxygens (including phenoxy) is 1. The van der Waals surface area contributed by atoms with Crippen molar-refractivity contribution in [3.8, 4) is 5.75 Å². The Balaban J connectivity index is 1.92. The SMILES string of the molecule is CCOc1ccccc1NC(=O)C(=O)N/N=C\c1ccc(N(C)C)cc1. The number of nitrogens with zero attached hydrogens (tertiary/aromatic N) is 2. The second-order valence-corrected chi connectivity index (χ2v) is 5.57. The van der Waals surface area contributed by atoms with Gasteiger partial charge in [-0.15, -0.1) is 0 Å². The molecule has 2 aromatic rings. The summed E-state index contributed by atoms with van der Waals surface area (Å²) in [5, 5.41) is 6.32. The Labute approximate surface area is 152 Å². The van der Waals surface area contributed by atoms with Gasteiger partial charge in [-0.1, -0.05) is 24.3 Å². The molecule has 2 amide bonds. The van der Waals surface area contributed by atoms with Crippen molar-refractivity contribution in [3.63, 3.8) is 0 Å². The van der Waals surface area contributed by atoms with Gasteiger partial charge in [0.15, 0.2) is 0 Å². The highest BCUT2D eigenvalue weighted by Crippen LogP contribution is 2.23. The maximum atomic E-state index is 12.0. The lowest BCUT2D eigenvalue weighted by atomic mass is 10.2. The highest BCUT2D eigenvalue weighted by molar-refractivity contribution is 6.39. The van der Waals surface area contributed by atoms with Gasteiger partial charge in [-0.2, -0.15) is 5.10 Å². The van der Waals surface area contributed by atoms with Crippen molar-refractivity contribution >= 4 is 29.4 Å². The summed E-state index contributed by atoms with van der Waals surface area (Å²) in [7, 11) is 3.90. The smallest absolute Gasteiger partial charge is 0.329 e. The number of anilines is 2. The summed E-state index contributed by atoms with van der Waals surface area (Å²) in [6, 6.07) is 14.5. The number of rotatable bonds is 6. The third-order valence-electron chi connectivity index (χ3n) is 3.43. The van der Waals surface area contributed by atoms with E-state index < -0.39 is 11.8 Å². The Bertz CT molecular complexity index is 786. The molecule has 0 bridgehead atoms. The van der Waals surface area contributed by atoms with Crippen LogP contribution in [-0.4, -0.2) is 38.7 Å². The summed E-state index contributed by atoms with van der Waals surface area (Å²) in [4.78, 5) is 25.8. The minimum absolute atomic E-state index is 0.428. The lowest BCUT2D eigenvalue weighted by Gasteiger charge is -2.11. The molecule has 0 unspecified atom stereocenters. The fraction of sp³-hybridized carbons (Fsp3) is 0.211. The van der Waals surface area contributed by atoms with Crippen molar-refractivity contribution in [1.29, 1.82) is 0 Å². The van der Waals surface area contributed by atoms with Crippen LogP contribution in [0.2, 0.25) is 0 Å². The van der Waals surface area contributed by atoms with E-state index in [0.29, 0.717) is 18.0 Å². The maximum absolute atomic E-state index is 12.0. The molecule has 2 aromatic carbocycles. The third kappa shape index (κ3) is 5.34. The van der Waals surface area contributed by atoms with E-state index in [-0.39, 0.29) is 0 Å². The van der Waals surface area contributed by atoms with Crippen molar-refractivity contribution in [2.45, 2.75) is 6.92 Å². The molecule has 2 N–H and O–H groups in total. The van der Waals surface area contributed by atoms with Crippen LogP contribution in [0.3, 0.4) is 0 Å². The van der Waals surface area contributed by atoms with E-state index in [1.54, 1.807) is 24.3 Å². The average Bonchev–Trinajstić information content (AvgIpc) is 2.63. The summed E-state index contributed by atoms with van der Waals surface area (Å²) in [6.07, 6.45) is 1.47. The summed E-state index contributed by atoms with van der Waals surface area (Å²) in [5.74, 6) is -1.18. The molecule has 0 aliphatic rings. The van der Waals surface area contributed by atoms with E-state index in [0.717, 1.165) is 11.3 Å². The Hall–Kier alpha value is -3.35. The van der Waals surface area contributed by atoms with Crippen LogP contribution in [0.5, 0.6) is 5.75 Å². The minimum Gasteiger partial charge on any atom is -0.492 e. The van der Waals surface area contributed by atoms with Gasteiger partial charge >= 0.3 is 11.8 Å². The van der Waals surface area contributed by atoms with Crippen LogP contribution in [0.4, 0.5) is 11.4 Å². The predicted octanol–water partition coefficient (Wildman–Crippen LogP) is 2.24. The largest absolute Gasteiger partial charge is 0.492 e. The van der Waals surface area contributed by atoms with E-state index in [4.69, 9.17) is 4.74 Å². The monoisotopic (exact) mass is 354 g/mol. The van der Waals surface area contributed by atoms with Gasteiger partial charge < -0.3 is 15.0 Å². The van der Waals surface area contributed by atoms with Crippen molar-refractivity contribution in [3.05, 3.63) is 54.1 Å². The van der Waals surface area contributed by atoms with Gasteiger partial charge in [0.2, 0.25) is 0 Å². The van der Waals surface area contributed by atoms with Crippen molar-refractivity contribution < 1.29 is 14.3 Å². The van der Waals surface area contributed by atoms with Crippen molar-refractivity contribution in [2.75, 3.05) is 30.9 Å². The van der Waals surface area contributed by atoms with Gasteiger partial charge in [-0.05, 0) is 36.8 Å². The van der Waals surface area contributed by atoms with Gasteiger partial charge in [-0.25, -0.2) is 5.43 Å². The first kappa shape index (κ1) is 19.0. The molecule has 7 nitrogen and oxygen atoms in total. The van der Waals surface area contributed by atoms with Gasteiger partial charge in [0, 0.05) is 19.8 Å². The molecule has 0 atom stereocenters. The Morgan fingerprint density at radius 2 is 1.77 bits per heavy atom. The number of amides is 2. The van der Waals surface area contributed by atoms with Crippen LogP contribution in [-0.2, 0) is 9.59 Å². The van der Waals surface area contributed by atoms with Crippen LogP contribution < -0.4 is 20.4 Å². The standard InChI is InChI=1S/C19H22N4O3/c1-4-26-17-8-6-5-7-16(17)21-18(24)19(25)22-20-13-14-9-11-15(12-10-14)23(2)3/h5-13H,4H2,1-3H3,(H,21,24)(H,22,25)/b20-13-. The molecule has 0 aliphatic heterocycles. The lowest BCUT2D eigenvalue weighted by molar-refractivity contribution is -0.136. The molecular formula is C19H22N4O3. The van der Waals surface area contributed by atoms with Gasteiger partial charge in [0.25, 0.3) is 0 Å². The lowest BCUT2D eigenvalue weighted by Crippen LogP contribution is -2.32. The maximum Gasteiger partial charge on any atom is 0.329 e. The Kier molecular flexibility index (Phi) is 6.73. The molecule has 0 radical (unpaired) electrons. The number of carbonyl (C=O) groups is 2. The second kappa shape index (κ2) is 9.22. The zero-order valence-corrected chi connectivity index (χ0v) is 15.0. The zero-order chi connectivity index (χ0) is 18.9. The molecule has 7 heteroatoms. The van der Waals surface area contributed by atoms with E-state index in [2.05, 4.69) is 15.8 Å².